The van der Waals surface area contributed by atoms with E-state index in [4.69, 9.17) is 15.2 Å². The van der Waals surface area contributed by atoms with E-state index in [9.17, 15) is 37.9 Å². The molecule has 4 heterocycles. The van der Waals surface area contributed by atoms with Crippen molar-refractivity contribution in [1.82, 2.24) is 38.9 Å². The lowest BCUT2D eigenvalue weighted by Gasteiger charge is -2.24. The summed E-state index contributed by atoms with van der Waals surface area (Å²) in [6, 6.07) is 24.3. The van der Waals surface area contributed by atoms with Gasteiger partial charge in [0.25, 0.3) is 5.69 Å². The second kappa shape index (κ2) is 25.3. The van der Waals surface area contributed by atoms with E-state index in [1.807, 2.05) is 120 Å². The number of fused-ring (bicyclic) bond motifs is 2. The summed E-state index contributed by atoms with van der Waals surface area (Å²) >= 11 is 0. The zero-order chi connectivity index (χ0) is 54.6. The number of ether oxygens (including phenoxy) is 2. The highest BCUT2D eigenvalue weighted by Gasteiger charge is 2.25. The molecule has 20 nitrogen and oxygen atoms in total. The average molecular weight is 1050 g/mol. The molecule has 0 aliphatic carbocycles. The largest absolute Gasteiger partial charge is 0.433 e. The molecule has 0 bridgehead atoms. The van der Waals surface area contributed by atoms with Gasteiger partial charge in [-0.2, -0.15) is 17.6 Å². The summed E-state index contributed by atoms with van der Waals surface area (Å²) in [4.78, 5) is 36.4. The van der Waals surface area contributed by atoms with Crippen molar-refractivity contribution < 1.29 is 42.2 Å². The third kappa shape index (κ3) is 13.7. The Bertz CT molecular complexity index is 3250. The van der Waals surface area contributed by atoms with E-state index in [1.54, 1.807) is 36.3 Å². The van der Waals surface area contributed by atoms with Crippen LogP contribution in [0.15, 0.2) is 110 Å². The minimum atomic E-state index is -3.16. The van der Waals surface area contributed by atoms with Gasteiger partial charge < -0.3 is 64.8 Å². The summed E-state index contributed by atoms with van der Waals surface area (Å²) < 4.78 is 66.6. The van der Waals surface area contributed by atoms with Gasteiger partial charge in [-0.05, 0) is 58.5 Å². The van der Waals surface area contributed by atoms with Crippen LogP contribution in [0.5, 0.6) is 11.5 Å². The van der Waals surface area contributed by atoms with Gasteiger partial charge in [0, 0.05) is 129 Å². The number of nitro benzene ring substituents is 1. The lowest BCUT2D eigenvalue weighted by molar-refractivity contribution is -0.384. The number of aliphatic hydroxyl groups excluding tert-OH is 2. The Balaban J connectivity index is 0.000000221. The molecule has 24 heteroatoms. The Morgan fingerprint density at radius 1 is 0.645 bits per heavy atom. The Hall–Kier alpha value is -8.32. The van der Waals surface area contributed by atoms with Gasteiger partial charge in [0.05, 0.1) is 52.3 Å². The molecule has 0 fully saturated rings. The molecule has 4 aromatic heterocycles. The number of nitrogens with zero attached hydrogens (tertiary/aromatic N) is 11. The van der Waals surface area contributed by atoms with E-state index in [0.29, 0.717) is 55.5 Å². The van der Waals surface area contributed by atoms with Crippen molar-refractivity contribution in [2.45, 2.75) is 26.3 Å². The Morgan fingerprint density at radius 3 is 1.51 bits per heavy atom. The van der Waals surface area contributed by atoms with Crippen LogP contribution in [0.25, 0.3) is 44.3 Å². The molecule has 0 radical (unpaired) electrons. The number of halogens is 4. The van der Waals surface area contributed by atoms with Crippen molar-refractivity contribution in [3.63, 3.8) is 0 Å². The van der Waals surface area contributed by atoms with E-state index in [0.717, 1.165) is 45.5 Å². The van der Waals surface area contributed by atoms with Gasteiger partial charge in [0.1, 0.15) is 5.69 Å². The highest BCUT2D eigenvalue weighted by Crippen LogP contribution is 2.41. The summed E-state index contributed by atoms with van der Waals surface area (Å²) in [5.41, 5.74) is 11.9. The van der Waals surface area contributed by atoms with Gasteiger partial charge >= 0.3 is 13.2 Å². The van der Waals surface area contributed by atoms with E-state index in [-0.39, 0.29) is 59.4 Å². The first-order valence-corrected chi connectivity index (χ1v) is 23.9. The Kier molecular flexibility index (Phi) is 18.4. The van der Waals surface area contributed by atoms with Gasteiger partial charge in [-0.3, -0.25) is 10.1 Å². The predicted molar refractivity (Wildman–Crippen MR) is 288 cm³/mol. The first-order valence-electron chi connectivity index (χ1n) is 23.9. The lowest BCUT2D eigenvalue weighted by atomic mass is 10.1. The molecule has 8 aromatic rings. The molecule has 6 N–H and O–H groups in total. The number of rotatable bonds is 23. The average Bonchev–Trinajstić information content (AvgIpc) is 3.95. The van der Waals surface area contributed by atoms with Crippen molar-refractivity contribution >= 4 is 67.8 Å². The van der Waals surface area contributed by atoms with Crippen molar-refractivity contribution in [3.8, 4) is 34.0 Å². The number of nitrogens with two attached hydrogens (primary N) is 1. The van der Waals surface area contributed by atoms with Crippen LogP contribution in [-0.2, 0) is 13.1 Å². The van der Waals surface area contributed by atoms with Crippen molar-refractivity contribution in [2.24, 2.45) is 0 Å². The maximum Gasteiger partial charge on any atom is 0.387 e. The fourth-order valence-electron chi connectivity index (χ4n) is 8.32. The number of nitro groups is 1. The van der Waals surface area contributed by atoms with Crippen LogP contribution < -0.4 is 35.6 Å². The summed E-state index contributed by atoms with van der Waals surface area (Å²) in [7, 11) is 11.1. The summed E-state index contributed by atoms with van der Waals surface area (Å²) in [6.07, 6.45) is 6.87. The van der Waals surface area contributed by atoms with E-state index < -0.39 is 18.1 Å². The number of alkyl halides is 4. The van der Waals surface area contributed by atoms with Crippen LogP contribution in [0.2, 0.25) is 0 Å². The first kappa shape index (κ1) is 55.4. The maximum atomic E-state index is 13.3. The third-order valence-corrected chi connectivity index (χ3v) is 12.0. The molecule has 0 saturated carbocycles. The topological polar surface area (TPSA) is 227 Å². The molecular weight excluding hydrogens is 993 g/mol. The minimum absolute atomic E-state index is 0.00333. The van der Waals surface area contributed by atoms with Crippen LogP contribution in [0.1, 0.15) is 0 Å². The summed E-state index contributed by atoms with van der Waals surface area (Å²) in [5.74, 6) is -0.113. The maximum absolute atomic E-state index is 13.3. The number of hydrogen-bond donors (Lipinski definition) is 5. The fourth-order valence-corrected chi connectivity index (χ4v) is 8.32. The minimum Gasteiger partial charge on any atom is -0.433 e. The number of para-hydroxylation sites is 2. The van der Waals surface area contributed by atoms with E-state index in [2.05, 4.69) is 30.6 Å². The number of nitrogens with one attached hydrogen (secondary N) is 2. The van der Waals surface area contributed by atoms with Crippen LogP contribution in [0, 0.1) is 10.1 Å². The summed E-state index contributed by atoms with van der Waals surface area (Å²) in [6.45, 7) is -2.96. The molecule has 0 saturated heterocycles. The standard InChI is InChI=1S/C26H29F2N7O4.C26H31F2N7O2/c1-32(2)10-11-33(3)22-15-24(39-25(27)28)20(14-23(22)35(37)38)31-26-29-9-8-19(30-26)18-16-34(12-13-36)21-7-5-4-6-17(18)21;1-33(2)10-11-34(3)23-15-24(37-25(27)28)21(14-19(23)29)32-26-30-9-8-20(31-26)18-16-35(12-13-36)22-7-5-4-6-17(18)22/h4-9,14-16,25,36H,10-13H2,1-3H3,(H,29,30,31);4-9,14-16,25,36H,10-13,29H2,1-3H3,(H,30,31,32). The molecule has 0 amide bonds. The van der Waals surface area contributed by atoms with Gasteiger partial charge in [-0.25, -0.2) is 19.9 Å². The molecule has 0 aliphatic heterocycles. The fraction of sp³-hybridized carbons (Fsp3) is 0.308. The first-order chi connectivity index (χ1) is 36.4. The van der Waals surface area contributed by atoms with Crippen LogP contribution in [0.4, 0.5) is 63.6 Å². The van der Waals surface area contributed by atoms with E-state index >= 15 is 0 Å². The molecule has 0 atom stereocenters. The molecule has 4 aromatic carbocycles. The normalized spacial score (nSPS) is 11.4. The molecule has 8 rings (SSSR count). The van der Waals surface area contributed by atoms with E-state index in [1.165, 1.54) is 18.3 Å². The monoisotopic (exact) mass is 1050 g/mol. The Morgan fingerprint density at radius 2 is 1.08 bits per heavy atom. The zero-order valence-corrected chi connectivity index (χ0v) is 42.7. The van der Waals surface area contributed by atoms with Crippen molar-refractivity contribution in [1.29, 1.82) is 0 Å². The smallest absolute Gasteiger partial charge is 0.387 e. The zero-order valence-electron chi connectivity index (χ0n) is 42.7. The molecule has 0 unspecified atom stereocenters. The van der Waals surface area contributed by atoms with Crippen molar-refractivity contribution in [3.05, 3.63) is 120 Å². The summed E-state index contributed by atoms with van der Waals surface area (Å²) in [5, 5.41) is 38.5. The van der Waals surface area contributed by atoms with Crippen molar-refractivity contribution in [2.75, 3.05) is 108 Å². The number of nitrogen functional groups attached to an aromatic ring is 1. The lowest BCUT2D eigenvalue weighted by Crippen LogP contribution is -2.29. The third-order valence-electron chi connectivity index (χ3n) is 12.0. The number of likely N-dealkylation sites (N-methyl/N-ethyl adjacent to an activating group) is 4. The van der Waals surface area contributed by atoms with Crippen LogP contribution in [-0.4, -0.2) is 149 Å². The van der Waals surface area contributed by atoms with Gasteiger partial charge in [0.15, 0.2) is 11.5 Å². The Labute approximate surface area is 435 Å². The number of aliphatic hydroxyl groups is 2. The number of anilines is 7. The van der Waals surface area contributed by atoms with Crippen LogP contribution in [0.3, 0.4) is 0 Å². The molecule has 402 valence electrons. The van der Waals surface area contributed by atoms with Gasteiger partial charge in [-0.1, -0.05) is 36.4 Å². The molecule has 0 spiro atoms. The molecular formula is C52H60F4N14O6. The molecule has 76 heavy (non-hydrogen) atoms. The SMILES string of the molecule is CN(C)CCN(C)c1cc(OC(F)F)c(Nc2nccc(-c3cn(CCO)c4ccccc34)n2)cc1N.CN(C)CCN(C)c1cc(OC(F)F)c(Nc2nccc(-c3cn(CCO)c4ccccc34)n2)cc1[N+](=O)[O-]. The quantitative estimate of drug-likeness (QED) is 0.0176. The van der Waals surface area contributed by atoms with Crippen LogP contribution >= 0.6 is 0 Å². The number of aromatic nitrogens is 6. The van der Waals surface area contributed by atoms with Gasteiger partial charge in [0.2, 0.25) is 11.9 Å². The second-order valence-electron chi connectivity index (χ2n) is 17.9. The highest BCUT2D eigenvalue weighted by atomic mass is 19.3. The number of benzene rings is 4. The van der Waals surface area contributed by atoms with Gasteiger partial charge in [-0.15, -0.1) is 0 Å². The second-order valence-corrected chi connectivity index (χ2v) is 17.9. The number of hydrogen-bond acceptors (Lipinski definition) is 17. The predicted octanol–water partition coefficient (Wildman–Crippen LogP) is 8.36. The highest BCUT2D eigenvalue weighted by molar-refractivity contribution is 5.96. The molecule has 0 aliphatic rings.